The third kappa shape index (κ3) is 7.04. The van der Waals surface area contributed by atoms with Crippen LogP contribution in [-0.4, -0.2) is 99.0 Å². The molecule has 1 fully saturated rings. The molecule has 2 aromatic carbocycles. The Labute approximate surface area is 274 Å². The summed E-state index contributed by atoms with van der Waals surface area (Å²) in [6, 6.07) is 14.0. The number of fused-ring (bicyclic) bond motifs is 3. The summed E-state index contributed by atoms with van der Waals surface area (Å²) in [4.78, 5) is 43.7. The number of ether oxygens (including phenoxy) is 2. The first-order valence-corrected chi connectivity index (χ1v) is 17.4. The molecule has 46 heavy (non-hydrogen) atoms. The van der Waals surface area contributed by atoms with Crippen LogP contribution >= 0.6 is 19.8 Å². The topological polar surface area (TPSA) is 132 Å². The Morgan fingerprint density at radius 3 is 2.48 bits per heavy atom. The fourth-order valence-corrected chi connectivity index (χ4v) is 6.87. The third-order valence-electron chi connectivity index (χ3n) is 8.70. The Kier molecular flexibility index (Phi) is 10.9. The molecule has 5 rings (SSSR count). The number of hydrogen-bond donors (Lipinski definition) is 1. The smallest absolute Gasteiger partial charge is 0.410 e. The summed E-state index contributed by atoms with van der Waals surface area (Å²) in [5.74, 6) is 1.47. The summed E-state index contributed by atoms with van der Waals surface area (Å²) in [5.41, 5.74) is 4.44. The first-order valence-electron chi connectivity index (χ1n) is 15.1. The van der Waals surface area contributed by atoms with E-state index in [2.05, 4.69) is 47.3 Å². The molecule has 0 saturated carbocycles. The minimum absolute atomic E-state index is 0.0289. The van der Waals surface area contributed by atoms with Crippen molar-refractivity contribution in [1.82, 2.24) is 35.3 Å². The molecule has 1 aromatic heterocycles. The number of hydrogen-bond acceptors (Lipinski definition) is 9. The molecular formula is C32H38N7O5PS. The SMILES string of the molecule is C#CCO[C@H](C)[C@H](NC(=O)[C@H](C)N(C)C(=O)OCC1c2ccccc2-c2ccccc21)C(=O)N1CCC[C@H]1Cn1nnnc1SP. The minimum atomic E-state index is -1.04. The molecule has 0 spiro atoms. The average Bonchev–Trinajstić information content (AvgIpc) is 3.81. The van der Waals surface area contributed by atoms with Crippen LogP contribution in [0.4, 0.5) is 4.79 Å². The van der Waals surface area contributed by atoms with Crippen molar-refractivity contribution in [3.63, 3.8) is 0 Å². The molecule has 5 atom stereocenters. The number of likely N-dealkylation sites (tertiary alicyclic amines) is 1. The van der Waals surface area contributed by atoms with E-state index in [9.17, 15) is 14.4 Å². The number of likely N-dealkylation sites (N-methyl/N-ethyl adjacent to an activating group) is 1. The van der Waals surface area contributed by atoms with E-state index < -0.39 is 30.2 Å². The van der Waals surface area contributed by atoms with E-state index in [1.165, 1.54) is 23.3 Å². The van der Waals surface area contributed by atoms with Crippen molar-refractivity contribution < 1.29 is 23.9 Å². The predicted octanol–water partition coefficient (Wildman–Crippen LogP) is 3.34. The molecule has 2 heterocycles. The predicted molar refractivity (Wildman–Crippen MR) is 177 cm³/mol. The molecule has 242 valence electrons. The highest BCUT2D eigenvalue weighted by atomic mass is 32.7. The van der Waals surface area contributed by atoms with Crippen LogP contribution < -0.4 is 5.32 Å². The molecule has 0 bridgehead atoms. The van der Waals surface area contributed by atoms with Gasteiger partial charge in [0.05, 0.1) is 18.7 Å². The summed E-state index contributed by atoms with van der Waals surface area (Å²) in [6.45, 7) is 4.30. The molecule has 2 aliphatic rings. The van der Waals surface area contributed by atoms with Crippen LogP contribution in [0.15, 0.2) is 53.7 Å². The monoisotopic (exact) mass is 663 g/mol. The van der Waals surface area contributed by atoms with Crippen LogP contribution in [0.1, 0.15) is 43.7 Å². The van der Waals surface area contributed by atoms with Crippen molar-refractivity contribution >= 4 is 37.7 Å². The van der Waals surface area contributed by atoms with Gasteiger partial charge in [-0.25, -0.2) is 9.48 Å². The highest BCUT2D eigenvalue weighted by molar-refractivity contribution is 8.43. The van der Waals surface area contributed by atoms with Gasteiger partial charge in [0.1, 0.15) is 25.3 Å². The first kappa shape index (κ1) is 33.4. The Balaban J connectivity index is 1.24. The molecule has 1 aliphatic heterocycles. The summed E-state index contributed by atoms with van der Waals surface area (Å²) in [6.07, 6.45) is 5.59. The van der Waals surface area contributed by atoms with Crippen molar-refractivity contribution in [2.24, 2.45) is 0 Å². The lowest BCUT2D eigenvalue weighted by Crippen LogP contribution is -2.58. The lowest BCUT2D eigenvalue weighted by molar-refractivity contribution is -0.142. The molecule has 3 aromatic rings. The fourth-order valence-electron chi connectivity index (χ4n) is 6.05. The van der Waals surface area contributed by atoms with Gasteiger partial charge in [0.15, 0.2) is 0 Å². The fraction of sp³-hybridized carbons (Fsp3) is 0.438. The van der Waals surface area contributed by atoms with Crippen LogP contribution in [0.3, 0.4) is 0 Å². The van der Waals surface area contributed by atoms with E-state index in [0.29, 0.717) is 18.2 Å². The number of terminal acetylenes is 1. The number of nitrogens with one attached hydrogen (secondary N) is 1. The van der Waals surface area contributed by atoms with Crippen molar-refractivity contribution in [3.8, 4) is 23.5 Å². The van der Waals surface area contributed by atoms with Gasteiger partial charge in [-0.2, -0.15) is 0 Å². The molecule has 0 radical (unpaired) electrons. The summed E-state index contributed by atoms with van der Waals surface area (Å²) < 4.78 is 13.1. The number of nitrogens with zero attached hydrogens (tertiary/aromatic N) is 6. The Bertz CT molecular complexity index is 1570. The molecule has 12 nitrogen and oxygen atoms in total. The first-order chi connectivity index (χ1) is 22.2. The summed E-state index contributed by atoms with van der Waals surface area (Å²) in [5, 5.41) is 15.2. The highest BCUT2D eigenvalue weighted by Crippen LogP contribution is 2.44. The second kappa shape index (κ2) is 15.1. The van der Waals surface area contributed by atoms with Gasteiger partial charge in [-0.15, -0.1) is 11.5 Å². The molecule has 1 unspecified atom stereocenters. The molecular weight excluding hydrogens is 625 g/mol. The molecule has 1 aliphatic carbocycles. The van der Waals surface area contributed by atoms with Crippen LogP contribution in [0.25, 0.3) is 11.1 Å². The van der Waals surface area contributed by atoms with Gasteiger partial charge in [0, 0.05) is 19.5 Å². The van der Waals surface area contributed by atoms with Gasteiger partial charge in [0.2, 0.25) is 17.0 Å². The van der Waals surface area contributed by atoms with Gasteiger partial charge in [-0.1, -0.05) is 74.3 Å². The molecule has 1 N–H and O–H groups in total. The van der Waals surface area contributed by atoms with Crippen molar-refractivity contribution in [2.45, 2.75) is 68.5 Å². The van der Waals surface area contributed by atoms with Crippen LogP contribution in [0.5, 0.6) is 0 Å². The summed E-state index contributed by atoms with van der Waals surface area (Å²) in [7, 11) is 4.02. The molecule has 14 heteroatoms. The number of carbonyl (C=O) groups is 3. The van der Waals surface area contributed by atoms with Gasteiger partial charge in [-0.05, 0) is 59.4 Å². The van der Waals surface area contributed by atoms with E-state index in [-0.39, 0.29) is 31.1 Å². The quantitative estimate of drug-likeness (QED) is 0.229. The Morgan fingerprint density at radius 2 is 1.83 bits per heavy atom. The Morgan fingerprint density at radius 1 is 1.15 bits per heavy atom. The van der Waals surface area contributed by atoms with E-state index in [0.717, 1.165) is 35.1 Å². The zero-order valence-corrected chi connectivity index (χ0v) is 28.0. The van der Waals surface area contributed by atoms with Gasteiger partial charge < -0.3 is 19.7 Å². The number of benzene rings is 2. The lowest BCUT2D eigenvalue weighted by atomic mass is 9.98. The molecule has 3 amide bonds. The number of rotatable bonds is 12. The van der Waals surface area contributed by atoms with E-state index in [4.69, 9.17) is 15.9 Å². The third-order valence-corrected chi connectivity index (χ3v) is 9.83. The second-order valence-corrected chi connectivity index (χ2v) is 12.7. The number of tetrazole rings is 1. The van der Waals surface area contributed by atoms with Crippen molar-refractivity contribution in [1.29, 1.82) is 0 Å². The minimum Gasteiger partial charge on any atom is -0.448 e. The van der Waals surface area contributed by atoms with Crippen molar-refractivity contribution in [2.75, 3.05) is 26.8 Å². The maximum Gasteiger partial charge on any atom is 0.410 e. The van der Waals surface area contributed by atoms with Crippen LogP contribution in [-0.2, 0) is 25.6 Å². The van der Waals surface area contributed by atoms with E-state index in [1.54, 1.807) is 23.4 Å². The normalized spacial score (nSPS) is 17.4. The number of amides is 3. The molecule has 1 saturated heterocycles. The van der Waals surface area contributed by atoms with Crippen molar-refractivity contribution in [3.05, 3.63) is 59.7 Å². The zero-order valence-electron chi connectivity index (χ0n) is 26.0. The highest BCUT2D eigenvalue weighted by Gasteiger charge is 2.39. The van der Waals surface area contributed by atoms with Crippen LogP contribution in [0.2, 0.25) is 0 Å². The standard InChI is InChI=1S/C32H38N7O5PS/c1-5-17-43-21(3)28(30(41)38-16-10-11-22(38)18-39-31(46-45)34-35-36-39)33-29(40)20(2)37(4)32(42)44-19-27-25-14-8-6-12-23(25)24-13-7-9-15-26(24)27/h1,6-9,12-15,20-22,27-28H,10-11,16-19,45H2,2-4H3,(H,33,40)/t20-,21+,22-,28-/m0/s1. The largest absolute Gasteiger partial charge is 0.448 e. The van der Waals surface area contributed by atoms with Gasteiger partial charge >= 0.3 is 6.09 Å². The Hall–Kier alpha value is -3.98. The second-order valence-electron chi connectivity index (χ2n) is 11.4. The van der Waals surface area contributed by atoms with E-state index in [1.807, 2.05) is 36.4 Å². The van der Waals surface area contributed by atoms with Crippen LogP contribution in [0, 0.1) is 12.3 Å². The zero-order chi connectivity index (χ0) is 32.8. The summed E-state index contributed by atoms with van der Waals surface area (Å²) >= 11 is 1.34. The van der Waals surface area contributed by atoms with E-state index >= 15 is 0 Å². The maximum absolute atomic E-state index is 14.0. The number of carbonyl (C=O) groups excluding carboxylic acids is 3. The average molecular weight is 664 g/mol. The number of aromatic nitrogens is 4. The van der Waals surface area contributed by atoms with Gasteiger partial charge in [-0.3, -0.25) is 14.5 Å². The maximum atomic E-state index is 14.0. The lowest BCUT2D eigenvalue weighted by Gasteiger charge is -2.33. The van der Waals surface area contributed by atoms with Gasteiger partial charge in [0.25, 0.3) is 0 Å².